The van der Waals surface area contributed by atoms with Crippen LogP contribution in [0.5, 0.6) is 0 Å². The zero-order valence-electron chi connectivity index (χ0n) is 14.5. The summed E-state index contributed by atoms with van der Waals surface area (Å²) in [5.74, 6) is 1.50. The predicted octanol–water partition coefficient (Wildman–Crippen LogP) is 2.05. The first-order valence-electron chi connectivity index (χ1n) is 8.66. The zero-order chi connectivity index (χ0) is 18.1. The van der Waals surface area contributed by atoms with Crippen LogP contribution >= 0.6 is 11.8 Å². The summed E-state index contributed by atoms with van der Waals surface area (Å²) in [7, 11) is 1.83. The van der Waals surface area contributed by atoms with E-state index < -0.39 is 0 Å². The maximum absolute atomic E-state index is 12.8. The van der Waals surface area contributed by atoms with Crippen LogP contribution in [-0.2, 0) is 10.5 Å². The average Bonchev–Trinajstić information content (AvgIpc) is 2.98. The molecule has 3 aliphatic heterocycles. The lowest BCUT2D eigenvalue weighted by atomic mass is 9.95. The van der Waals surface area contributed by atoms with Crippen LogP contribution in [0.4, 0.5) is 0 Å². The second kappa shape index (κ2) is 7.11. The minimum Gasteiger partial charge on any atom is -0.455 e. The van der Waals surface area contributed by atoms with Gasteiger partial charge in [-0.05, 0) is 31.0 Å². The highest BCUT2D eigenvalue weighted by atomic mass is 32.2. The van der Waals surface area contributed by atoms with Crippen LogP contribution in [0, 0.1) is 5.92 Å². The lowest BCUT2D eigenvalue weighted by Crippen LogP contribution is -2.45. The molecule has 3 fully saturated rings. The van der Waals surface area contributed by atoms with Gasteiger partial charge in [0.15, 0.2) is 10.9 Å². The summed E-state index contributed by atoms with van der Waals surface area (Å²) in [6.45, 7) is 1.04. The number of amides is 2. The maximum atomic E-state index is 12.8. The number of fused-ring (bicyclic) bond motifs is 4. The van der Waals surface area contributed by atoms with E-state index in [2.05, 4.69) is 9.97 Å². The molecule has 7 nitrogen and oxygen atoms in total. The molecule has 0 aromatic carbocycles. The molecule has 0 N–H and O–H groups in total. The fourth-order valence-electron chi connectivity index (χ4n) is 3.54. The third-order valence-corrected chi connectivity index (χ3v) is 5.91. The Morgan fingerprint density at radius 1 is 1.27 bits per heavy atom. The van der Waals surface area contributed by atoms with Gasteiger partial charge < -0.3 is 14.2 Å². The van der Waals surface area contributed by atoms with Gasteiger partial charge in [0, 0.05) is 38.6 Å². The van der Waals surface area contributed by atoms with Crippen molar-refractivity contribution in [1.29, 1.82) is 0 Å². The topological polar surface area (TPSA) is 79.5 Å². The monoisotopic (exact) mass is 372 g/mol. The fourth-order valence-corrected chi connectivity index (χ4v) is 4.24. The summed E-state index contributed by atoms with van der Waals surface area (Å²) >= 11 is 1.46. The molecule has 136 valence electrons. The first-order chi connectivity index (χ1) is 12.6. The van der Waals surface area contributed by atoms with E-state index in [1.165, 1.54) is 11.8 Å². The average molecular weight is 372 g/mol. The van der Waals surface area contributed by atoms with Crippen LogP contribution in [0.2, 0.25) is 0 Å². The van der Waals surface area contributed by atoms with Crippen LogP contribution in [-0.4, -0.2) is 57.8 Å². The quantitative estimate of drug-likeness (QED) is 0.604. The van der Waals surface area contributed by atoms with E-state index in [-0.39, 0.29) is 23.8 Å². The molecule has 0 aliphatic carbocycles. The fraction of sp³-hybridized carbons (Fsp3) is 0.444. The molecule has 2 aromatic heterocycles. The van der Waals surface area contributed by atoms with Gasteiger partial charge in [-0.1, -0.05) is 11.8 Å². The highest BCUT2D eigenvalue weighted by Crippen LogP contribution is 2.29. The molecule has 26 heavy (non-hydrogen) atoms. The Hall–Kier alpha value is -2.35. The number of hydrogen-bond acceptors (Lipinski definition) is 6. The predicted molar refractivity (Wildman–Crippen MR) is 95.5 cm³/mol. The lowest BCUT2D eigenvalue weighted by molar-refractivity contribution is -0.138. The lowest BCUT2D eigenvalue weighted by Gasteiger charge is -2.32. The van der Waals surface area contributed by atoms with E-state index in [0.717, 1.165) is 12.8 Å². The van der Waals surface area contributed by atoms with E-state index in [9.17, 15) is 9.59 Å². The van der Waals surface area contributed by atoms with Crippen molar-refractivity contribution in [3.8, 4) is 0 Å². The molecule has 0 saturated carbocycles. The molecular weight excluding hydrogens is 352 g/mol. The highest BCUT2D eigenvalue weighted by Gasteiger charge is 2.40. The maximum Gasteiger partial charge on any atom is 0.289 e. The van der Waals surface area contributed by atoms with Crippen molar-refractivity contribution >= 4 is 23.6 Å². The first-order valence-corrected chi connectivity index (χ1v) is 9.65. The van der Waals surface area contributed by atoms with Gasteiger partial charge in [0.2, 0.25) is 5.91 Å². The van der Waals surface area contributed by atoms with Crippen LogP contribution in [0.25, 0.3) is 0 Å². The molecule has 3 aliphatic rings. The van der Waals surface area contributed by atoms with Gasteiger partial charge >= 0.3 is 0 Å². The SMILES string of the molecule is CN1C(=O)[C@H]2CC[C@@H]1CN(C(=O)c1ccc(CSc3ncccn3)o1)C2. The number of rotatable bonds is 4. The number of thioether (sulfide) groups is 1. The van der Waals surface area contributed by atoms with E-state index in [0.29, 0.717) is 35.5 Å². The molecule has 2 aromatic rings. The van der Waals surface area contributed by atoms with E-state index in [1.54, 1.807) is 34.3 Å². The molecule has 8 heteroatoms. The number of hydrogen-bond donors (Lipinski definition) is 0. The van der Waals surface area contributed by atoms with Gasteiger partial charge in [-0.2, -0.15) is 0 Å². The van der Waals surface area contributed by atoms with Crippen LogP contribution in [0.3, 0.4) is 0 Å². The summed E-state index contributed by atoms with van der Waals surface area (Å²) in [5.41, 5.74) is 0. The van der Waals surface area contributed by atoms with Crippen molar-refractivity contribution < 1.29 is 14.0 Å². The highest BCUT2D eigenvalue weighted by molar-refractivity contribution is 7.98. The Bertz CT molecular complexity index is 810. The molecule has 0 spiro atoms. The molecule has 2 bridgehead atoms. The Morgan fingerprint density at radius 2 is 2.08 bits per heavy atom. The number of nitrogens with zero attached hydrogens (tertiary/aromatic N) is 4. The van der Waals surface area contributed by atoms with Crippen LogP contribution in [0.1, 0.15) is 29.2 Å². The molecule has 0 unspecified atom stereocenters. The van der Waals surface area contributed by atoms with Gasteiger partial charge in [0.1, 0.15) is 5.76 Å². The minimum absolute atomic E-state index is 0.0945. The molecule has 2 amide bonds. The molecule has 5 rings (SSSR count). The molecule has 0 radical (unpaired) electrons. The number of carbonyl (C=O) groups excluding carboxylic acids is 2. The van der Waals surface area contributed by atoms with Crippen molar-refractivity contribution in [2.75, 3.05) is 20.1 Å². The number of carbonyl (C=O) groups is 2. The van der Waals surface area contributed by atoms with E-state index in [4.69, 9.17) is 4.42 Å². The minimum atomic E-state index is -0.141. The number of aromatic nitrogens is 2. The van der Waals surface area contributed by atoms with Gasteiger partial charge in [-0.3, -0.25) is 9.59 Å². The Morgan fingerprint density at radius 3 is 2.88 bits per heavy atom. The third-order valence-electron chi connectivity index (χ3n) is 5.01. The Balaban J connectivity index is 1.42. The Labute approximate surface area is 155 Å². The van der Waals surface area contributed by atoms with Crippen molar-refractivity contribution in [1.82, 2.24) is 19.8 Å². The van der Waals surface area contributed by atoms with Crippen molar-refractivity contribution in [3.05, 3.63) is 42.1 Å². The second-order valence-corrected chi connectivity index (χ2v) is 7.62. The second-order valence-electron chi connectivity index (χ2n) is 6.67. The van der Waals surface area contributed by atoms with Crippen molar-refractivity contribution in [2.24, 2.45) is 5.92 Å². The molecule has 2 atom stereocenters. The molecule has 3 saturated heterocycles. The third kappa shape index (κ3) is 3.33. The van der Waals surface area contributed by atoms with Crippen LogP contribution < -0.4 is 0 Å². The van der Waals surface area contributed by atoms with Crippen molar-refractivity contribution in [2.45, 2.75) is 29.8 Å². The molecule has 5 heterocycles. The Kier molecular flexibility index (Phi) is 4.67. The first kappa shape index (κ1) is 17.1. The number of piperidine rings is 1. The normalized spacial score (nSPS) is 22.6. The summed E-state index contributed by atoms with van der Waals surface area (Å²) in [6, 6.07) is 5.39. The summed E-state index contributed by atoms with van der Waals surface area (Å²) < 4.78 is 5.74. The van der Waals surface area contributed by atoms with Gasteiger partial charge in [0.05, 0.1) is 11.7 Å². The van der Waals surface area contributed by atoms with E-state index >= 15 is 0 Å². The van der Waals surface area contributed by atoms with Crippen molar-refractivity contribution in [3.63, 3.8) is 0 Å². The van der Waals surface area contributed by atoms with E-state index in [1.807, 2.05) is 13.1 Å². The summed E-state index contributed by atoms with van der Waals surface area (Å²) in [4.78, 5) is 37.0. The summed E-state index contributed by atoms with van der Waals surface area (Å²) in [6.07, 6.45) is 5.19. The standard InChI is InChI=1S/C18H20N4O3S/c1-21-13-4-3-12(16(21)23)9-22(10-13)17(24)15-6-5-14(25-15)11-26-18-19-7-2-8-20-18/h2,5-8,12-13H,3-4,9-11H2,1H3/t12-,13+/m0/s1. The van der Waals surface area contributed by atoms with Gasteiger partial charge in [-0.25, -0.2) is 9.97 Å². The number of likely N-dealkylation sites (N-methyl/N-ethyl adjacent to an activating group) is 1. The number of furan rings is 1. The zero-order valence-corrected chi connectivity index (χ0v) is 15.3. The van der Waals surface area contributed by atoms with Crippen LogP contribution in [0.15, 0.2) is 40.2 Å². The van der Waals surface area contributed by atoms with Gasteiger partial charge in [-0.15, -0.1) is 0 Å². The largest absolute Gasteiger partial charge is 0.455 e. The molecular formula is C18H20N4O3S. The summed E-state index contributed by atoms with van der Waals surface area (Å²) in [5, 5.41) is 0.669. The smallest absolute Gasteiger partial charge is 0.289 e. The van der Waals surface area contributed by atoms with Gasteiger partial charge in [0.25, 0.3) is 5.91 Å².